The van der Waals surface area contributed by atoms with Gasteiger partial charge in [0.05, 0.1) is 11.4 Å². The van der Waals surface area contributed by atoms with Crippen LogP contribution in [0.5, 0.6) is 0 Å². The topological polar surface area (TPSA) is 24.7 Å². The number of hydrogen-bond donors (Lipinski definition) is 0. The summed E-state index contributed by atoms with van der Waals surface area (Å²) < 4.78 is 0. The molecule has 0 aliphatic carbocycles. The molecule has 22 heavy (non-hydrogen) atoms. The summed E-state index contributed by atoms with van der Waals surface area (Å²) in [6.45, 7) is 0. The average Bonchev–Trinajstić information content (AvgIpc) is 2.61. The summed E-state index contributed by atoms with van der Waals surface area (Å²) >= 11 is 0. The van der Waals surface area contributed by atoms with E-state index in [1.807, 2.05) is 97.4 Å². The number of rotatable bonds is 4. The minimum absolute atomic E-state index is 0.860. The number of nitrogens with zero attached hydrogens (tertiary/aromatic N) is 2. The van der Waals surface area contributed by atoms with E-state index >= 15 is 0 Å². The molecule has 0 atom stereocenters. The molecular formula is C20H16N2. The zero-order valence-corrected chi connectivity index (χ0v) is 12.1. The second-order valence-corrected chi connectivity index (χ2v) is 4.83. The lowest BCUT2D eigenvalue weighted by atomic mass is 10.2. The highest BCUT2D eigenvalue weighted by Crippen LogP contribution is 2.27. The van der Waals surface area contributed by atoms with E-state index in [-0.39, 0.29) is 0 Å². The summed E-state index contributed by atoms with van der Waals surface area (Å²) in [5.74, 6) is 0. The Bertz CT molecular complexity index is 707. The molecule has 2 heteroatoms. The first-order valence-corrected chi connectivity index (χ1v) is 7.19. The molecule has 0 aliphatic rings. The maximum atomic E-state index is 4.55. The van der Waals surface area contributed by atoms with Crippen molar-refractivity contribution < 1.29 is 0 Å². The summed E-state index contributed by atoms with van der Waals surface area (Å²) in [6.07, 6.45) is 3.72. The molecule has 106 valence electrons. The third-order valence-corrected chi connectivity index (χ3v) is 3.19. The van der Waals surface area contributed by atoms with E-state index in [1.54, 1.807) is 0 Å². The van der Waals surface area contributed by atoms with E-state index < -0.39 is 0 Å². The van der Waals surface area contributed by atoms with Gasteiger partial charge in [0, 0.05) is 12.4 Å². The van der Waals surface area contributed by atoms with E-state index in [2.05, 4.69) is 9.98 Å². The summed E-state index contributed by atoms with van der Waals surface area (Å²) in [4.78, 5) is 9.10. The Balaban J connectivity index is 1.84. The minimum atomic E-state index is 0.860. The van der Waals surface area contributed by atoms with Crippen molar-refractivity contribution in [1.82, 2.24) is 0 Å². The van der Waals surface area contributed by atoms with Crippen molar-refractivity contribution in [2.45, 2.75) is 0 Å². The second-order valence-electron chi connectivity index (χ2n) is 4.83. The largest absolute Gasteiger partial charge is 0.254 e. The Morgan fingerprint density at radius 1 is 0.455 bits per heavy atom. The molecule has 0 unspecified atom stereocenters. The molecule has 0 saturated heterocycles. The smallest absolute Gasteiger partial charge is 0.0886 e. The molecule has 0 N–H and O–H groups in total. The van der Waals surface area contributed by atoms with Gasteiger partial charge in [0.1, 0.15) is 0 Å². The number of aliphatic imine (C=N–C) groups is 2. The van der Waals surface area contributed by atoms with Crippen LogP contribution in [0.25, 0.3) is 0 Å². The molecule has 3 aromatic rings. The highest BCUT2D eigenvalue weighted by atomic mass is 14.8. The van der Waals surface area contributed by atoms with E-state index in [9.17, 15) is 0 Å². The van der Waals surface area contributed by atoms with Crippen LogP contribution in [0.15, 0.2) is 94.9 Å². The molecule has 0 fully saturated rings. The van der Waals surface area contributed by atoms with Gasteiger partial charge in [-0.3, -0.25) is 9.98 Å². The normalized spacial score (nSPS) is 11.3. The van der Waals surface area contributed by atoms with Gasteiger partial charge >= 0.3 is 0 Å². The van der Waals surface area contributed by atoms with Crippen LogP contribution >= 0.6 is 0 Å². The maximum Gasteiger partial charge on any atom is 0.0886 e. The molecule has 0 heterocycles. The van der Waals surface area contributed by atoms with Crippen LogP contribution in [0.4, 0.5) is 11.4 Å². The van der Waals surface area contributed by atoms with Crippen molar-refractivity contribution in [3.05, 3.63) is 96.1 Å². The first kappa shape index (κ1) is 14.0. The van der Waals surface area contributed by atoms with Crippen molar-refractivity contribution in [3.63, 3.8) is 0 Å². The molecule has 0 saturated carbocycles. The van der Waals surface area contributed by atoms with Gasteiger partial charge in [-0.2, -0.15) is 0 Å². The van der Waals surface area contributed by atoms with Crippen molar-refractivity contribution >= 4 is 23.8 Å². The van der Waals surface area contributed by atoms with Crippen LogP contribution in [0.3, 0.4) is 0 Å². The van der Waals surface area contributed by atoms with Crippen LogP contribution in [0.2, 0.25) is 0 Å². The molecule has 0 radical (unpaired) electrons. The quantitative estimate of drug-likeness (QED) is 0.589. The fourth-order valence-corrected chi connectivity index (χ4v) is 2.05. The standard InChI is InChI=1S/C20H16N2/c1-3-9-17(10-4-1)15-21-19-13-7-8-14-20(19)22-16-18-11-5-2-6-12-18/h1-16H/b21-15+,22-16+. The van der Waals surface area contributed by atoms with Crippen LogP contribution < -0.4 is 0 Å². The average molecular weight is 284 g/mol. The van der Waals surface area contributed by atoms with E-state index in [0.717, 1.165) is 22.5 Å². The van der Waals surface area contributed by atoms with Crippen LogP contribution in [0.1, 0.15) is 11.1 Å². The summed E-state index contributed by atoms with van der Waals surface area (Å²) in [5, 5.41) is 0. The van der Waals surface area contributed by atoms with Crippen molar-refractivity contribution in [2.24, 2.45) is 9.98 Å². The van der Waals surface area contributed by atoms with Gasteiger partial charge in [0.2, 0.25) is 0 Å². The lowest BCUT2D eigenvalue weighted by Gasteiger charge is -2.00. The van der Waals surface area contributed by atoms with Crippen molar-refractivity contribution in [2.75, 3.05) is 0 Å². The predicted molar refractivity (Wildman–Crippen MR) is 93.8 cm³/mol. The third kappa shape index (κ3) is 3.76. The lowest BCUT2D eigenvalue weighted by molar-refractivity contribution is 1.45. The first-order chi connectivity index (χ1) is 10.9. The Labute approximate surface area is 130 Å². The Hall–Kier alpha value is -3.00. The van der Waals surface area contributed by atoms with E-state index in [1.165, 1.54) is 0 Å². The zero-order chi connectivity index (χ0) is 15.0. The Kier molecular flexibility index (Phi) is 4.53. The second kappa shape index (κ2) is 7.14. The molecule has 0 spiro atoms. The van der Waals surface area contributed by atoms with Gasteiger partial charge in [-0.25, -0.2) is 0 Å². The van der Waals surface area contributed by atoms with Gasteiger partial charge in [0.15, 0.2) is 0 Å². The Morgan fingerprint density at radius 2 is 0.818 bits per heavy atom. The van der Waals surface area contributed by atoms with E-state index in [0.29, 0.717) is 0 Å². The number of para-hydroxylation sites is 2. The van der Waals surface area contributed by atoms with Crippen molar-refractivity contribution in [1.29, 1.82) is 0 Å². The third-order valence-electron chi connectivity index (χ3n) is 3.19. The van der Waals surface area contributed by atoms with Crippen molar-refractivity contribution in [3.8, 4) is 0 Å². The summed E-state index contributed by atoms with van der Waals surface area (Å²) in [6, 6.07) is 28.0. The van der Waals surface area contributed by atoms with Crippen LogP contribution in [-0.2, 0) is 0 Å². The zero-order valence-electron chi connectivity index (χ0n) is 12.1. The molecule has 0 amide bonds. The molecule has 0 aliphatic heterocycles. The molecule has 2 nitrogen and oxygen atoms in total. The molecule has 0 bridgehead atoms. The van der Waals surface area contributed by atoms with Crippen LogP contribution in [-0.4, -0.2) is 12.4 Å². The SMILES string of the molecule is C(=N\c1ccccc1/N=C/c1ccccc1)/c1ccccc1. The molecule has 3 aromatic carbocycles. The first-order valence-electron chi connectivity index (χ1n) is 7.19. The van der Waals surface area contributed by atoms with Crippen LogP contribution in [0, 0.1) is 0 Å². The van der Waals surface area contributed by atoms with Gasteiger partial charge in [-0.05, 0) is 23.3 Å². The lowest BCUT2D eigenvalue weighted by Crippen LogP contribution is -1.80. The van der Waals surface area contributed by atoms with Gasteiger partial charge in [-0.1, -0.05) is 72.8 Å². The highest BCUT2D eigenvalue weighted by Gasteiger charge is 1.97. The predicted octanol–water partition coefficient (Wildman–Crippen LogP) is 5.19. The Morgan fingerprint density at radius 3 is 1.23 bits per heavy atom. The minimum Gasteiger partial charge on any atom is -0.254 e. The fraction of sp³-hybridized carbons (Fsp3) is 0. The maximum absolute atomic E-state index is 4.55. The fourth-order valence-electron chi connectivity index (χ4n) is 2.05. The van der Waals surface area contributed by atoms with Gasteiger partial charge < -0.3 is 0 Å². The summed E-state index contributed by atoms with van der Waals surface area (Å²) in [7, 11) is 0. The van der Waals surface area contributed by atoms with E-state index in [4.69, 9.17) is 0 Å². The highest BCUT2D eigenvalue weighted by molar-refractivity contribution is 5.86. The van der Waals surface area contributed by atoms with Gasteiger partial charge in [-0.15, -0.1) is 0 Å². The molecule has 0 aromatic heterocycles. The molecular weight excluding hydrogens is 268 g/mol. The molecule has 3 rings (SSSR count). The van der Waals surface area contributed by atoms with Gasteiger partial charge in [0.25, 0.3) is 0 Å². The number of hydrogen-bond acceptors (Lipinski definition) is 2. The monoisotopic (exact) mass is 284 g/mol. The number of benzene rings is 3. The summed E-state index contributed by atoms with van der Waals surface area (Å²) in [5.41, 5.74) is 3.87.